The van der Waals surface area contributed by atoms with Gasteiger partial charge in [-0.1, -0.05) is 6.92 Å². The van der Waals surface area contributed by atoms with E-state index in [1.54, 1.807) is 0 Å². The normalized spacial score (nSPS) is 19.1. The lowest BCUT2D eigenvalue weighted by atomic mass is 9.99. The molecular weight excluding hydrogens is 264 g/mol. The molecule has 5 heteroatoms. The average Bonchev–Trinajstić information content (AvgIpc) is 2.68. The van der Waals surface area contributed by atoms with E-state index < -0.39 is 0 Å². The van der Waals surface area contributed by atoms with Crippen molar-refractivity contribution in [2.45, 2.75) is 46.3 Å². The first kappa shape index (κ1) is 16.5. The predicted octanol–water partition coefficient (Wildman–Crippen LogP) is 1.22. The van der Waals surface area contributed by atoms with E-state index in [2.05, 4.69) is 29.2 Å². The van der Waals surface area contributed by atoms with E-state index in [1.807, 2.05) is 18.7 Å². The van der Waals surface area contributed by atoms with E-state index in [1.165, 1.54) is 24.1 Å². The van der Waals surface area contributed by atoms with Gasteiger partial charge in [-0.15, -0.1) is 0 Å². The molecule has 1 saturated heterocycles. The molecule has 0 saturated carbocycles. The van der Waals surface area contributed by atoms with Gasteiger partial charge in [0.05, 0.1) is 11.8 Å². The second-order valence-corrected chi connectivity index (χ2v) is 6.54. The van der Waals surface area contributed by atoms with Gasteiger partial charge in [-0.2, -0.15) is 5.10 Å². The number of piperidine rings is 1. The maximum atomic E-state index is 10.2. The average molecular weight is 294 g/mol. The van der Waals surface area contributed by atoms with Crippen molar-refractivity contribution in [2.75, 3.05) is 26.2 Å². The lowest BCUT2D eigenvalue weighted by molar-refractivity contribution is 0.0906. The van der Waals surface area contributed by atoms with Crippen molar-refractivity contribution in [1.82, 2.24) is 20.0 Å². The topological polar surface area (TPSA) is 53.3 Å². The van der Waals surface area contributed by atoms with E-state index in [9.17, 15) is 5.11 Å². The summed E-state index contributed by atoms with van der Waals surface area (Å²) in [5, 5.41) is 17.9. The molecule has 1 fully saturated rings. The fourth-order valence-corrected chi connectivity index (χ4v) is 3.04. The minimum absolute atomic E-state index is 0.296. The number of aromatic nitrogens is 2. The summed E-state index contributed by atoms with van der Waals surface area (Å²) in [7, 11) is 1.97. The third kappa shape index (κ3) is 4.53. The van der Waals surface area contributed by atoms with Crippen LogP contribution in [0.3, 0.4) is 0 Å². The Kier molecular flexibility index (Phi) is 5.79. The summed E-state index contributed by atoms with van der Waals surface area (Å²) < 4.78 is 1.91. The van der Waals surface area contributed by atoms with Crippen LogP contribution < -0.4 is 5.32 Å². The number of nitrogens with zero attached hydrogens (tertiary/aromatic N) is 3. The van der Waals surface area contributed by atoms with Crippen molar-refractivity contribution < 1.29 is 5.11 Å². The van der Waals surface area contributed by atoms with Gasteiger partial charge in [0, 0.05) is 37.9 Å². The third-order valence-corrected chi connectivity index (χ3v) is 4.69. The highest BCUT2D eigenvalue weighted by atomic mass is 16.3. The number of hydrogen-bond donors (Lipinski definition) is 2. The Balaban J connectivity index is 1.70. The number of likely N-dealkylation sites (tertiary alicyclic amines) is 1. The van der Waals surface area contributed by atoms with Crippen LogP contribution in [0.1, 0.15) is 36.7 Å². The van der Waals surface area contributed by atoms with Crippen LogP contribution in [0.15, 0.2) is 0 Å². The van der Waals surface area contributed by atoms with E-state index in [4.69, 9.17) is 0 Å². The highest BCUT2D eigenvalue weighted by Gasteiger charge is 2.18. The second-order valence-electron chi connectivity index (χ2n) is 6.54. The number of β-amino-alcohol motifs (C(OH)–C–C–N with tert-alkyl or cyclic N) is 1. The summed E-state index contributed by atoms with van der Waals surface area (Å²) in [4.78, 5) is 2.38. The number of aryl methyl sites for hydroxylation is 2. The first-order chi connectivity index (χ1) is 9.97. The molecule has 120 valence electrons. The highest BCUT2D eigenvalue weighted by Crippen LogP contribution is 2.16. The molecule has 21 heavy (non-hydrogen) atoms. The first-order valence-electron chi connectivity index (χ1n) is 8.07. The quantitative estimate of drug-likeness (QED) is 0.828. The maximum Gasteiger partial charge on any atom is 0.0791 e. The fraction of sp³-hybridized carbons (Fsp3) is 0.812. The number of aliphatic hydroxyl groups excluding tert-OH is 1. The summed E-state index contributed by atoms with van der Waals surface area (Å²) in [5.41, 5.74) is 3.51. The number of aliphatic hydroxyl groups is 1. The van der Waals surface area contributed by atoms with Crippen LogP contribution in [0.4, 0.5) is 0 Å². The van der Waals surface area contributed by atoms with Gasteiger partial charge in [-0.25, -0.2) is 0 Å². The first-order valence-corrected chi connectivity index (χ1v) is 8.07. The molecule has 1 aromatic heterocycles. The molecule has 0 amide bonds. The van der Waals surface area contributed by atoms with Crippen molar-refractivity contribution in [1.29, 1.82) is 0 Å². The molecule has 1 aromatic rings. The SMILES string of the molecule is Cc1nn(C)c(C)c1CNCC(O)CN1CCC(C)CC1. The van der Waals surface area contributed by atoms with Crippen LogP contribution in [0.25, 0.3) is 0 Å². The molecule has 1 unspecified atom stereocenters. The minimum atomic E-state index is -0.296. The smallest absolute Gasteiger partial charge is 0.0791 e. The van der Waals surface area contributed by atoms with E-state index in [0.717, 1.165) is 37.8 Å². The van der Waals surface area contributed by atoms with Crippen molar-refractivity contribution in [3.05, 3.63) is 17.0 Å². The maximum absolute atomic E-state index is 10.2. The fourth-order valence-electron chi connectivity index (χ4n) is 3.04. The van der Waals surface area contributed by atoms with Gasteiger partial charge in [0.2, 0.25) is 0 Å². The molecule has 1 atom stereocenters. The number of hydrogen-bond acceptors (Lipinski definition) is 4. The van der Waals surface area contributed by atoms with Crippen LogP contribution in [0.2, 0.25) is 0 Å². The standard InChI is InChI=1S/C16H30N4O/c1-12-5-7-20(8-6-12)11-15(21)9-17-10-16-13(2)18-19(4)14(16)3/h12,15,17,21H,5-11H2,1-4H3. The van der Waals surface area contributed by atoms with Crippen LogP contribution in [-0.2, 0) is 13.6 Å². The zero-order valence-electron chi connectivity index (χ0n) is 13.9. The lowest BCUT2D eigenvalue weighted by Gasteiger charge is -2.31. The molecule has 2 heterocycles. The summed E-state index contributed by atoms with van der Waals surface area (Å²) in [5.74, 6) is 0.841. The number of nitrogens with one attached hydrogen (secondary N) is 1. The van der Waals surface area contributed by atoms with Gasteiger partial charge in [-0.3, -0.25) is 4.68 Å². The summed E-state index contributed by atoms with van der Waals surface area (Å²) in [6, 6.07) is 0. The largest absolute Gasteiger partial charge is 0.390 e. The van der Waals surface area contributed by atoms with Gasteiger partial charge >= 0.3 is 0 Å². The summed E-state index contributed by atoms with van der Waals surface area (Å²) in [6.45, 7) is 10.9. The Labute approximate surface area is 128 Å². The Morgan fingerprint density at radius 2 is 2.00 bits per heavy atom. The van der Waals surface area contributed by atoms with E-state index >= 15 is 0 Å². The van der Waals surface area contributed by atoms with Gasteiger partial charge in [-0.05, 0) is 45.7 Å². The van der Waals surface area contributed by atoms with E-state index in [-0.39, 0.29) is 6.10 Å². The van der Waals surface area contributed by atoms with Gasteiger partial charge in [0.25, 0.3) is 0 Å². The molecular formula is C16H30N4O. The summed E-state index contributed by atoms with van der Waals surface area (Å²) in [6.07, 6.45) is 2.22. The molecule has 0 radical (unpaired) electrons. The molecule has 0 spiro atoms. The Hall–Kier alpha value is -0.910. The van der Waals surface area contributed by atoms with E-state index in [0.29, 0.717) is 6.54 Å². The number of rotatable bonds is 6. The van der Waals surface area contributed by atoms with Crippen molar-refractivity contribution in [3.63, 3.8) is 0 Å². The Morgan fingerprint density at radius 3 is 2.57 bits per heavy atom. The second kappa shape index (κ2) is 7.38. The molecule has 0 bridgehead atoms. The Bertz CT molecular complexity index is 449. The molecule has 5 nitrogen and oxygen atoms in total. The van der Waals surface area contributed by atoms with Gasteiger partial charge in [0.15, 0.2) is 0 Å². The molecule has 0 aliphatic carbocycles. The minimum Gasteiger partial charge on any atom is -0.390 e. The van der Waals surface area contributed by atoms with Crippen LogP contribution in [-0.4, -0.2) is 52.1 Å². The summed E-state index contributed by atoms with van der Waals surface area (Å²) >= 11 is 0. The van der Waals surface area contributed by atoms with Crippen LogP contribution in [0, 0.1) is 19.8 Å². The van der Waals surface area contributed by atoms with Crippen molar-refractivity contribution in [2.24, 2.45) is 13.0 Å². The lowest BCUT2D eigenvalue weighted by Crippen LogP contribution is -2.41. The van der Waals surface area contributed by atoms with Crippen molar-refractivity contribution >= 4 is 0 Å². The highest BCUT2D eigenvalue weighted by molar-refractivity contribution is 5.23. The van der Waals surface area contributed by atoms with Crippen LogP contribution >= 0.6 is 0 Å². The molecule has 2 N–H and O–H groups in total. The zero-order chi connectivity index (χ0) is 15.4. The van der Waals surface area contributed by atoms with Crippen molar-refractivity contribution in [3.8, 4) is 0 Å². The third-order valence-electron chi connectivity index (χ3n) is 4.69. The van der Waals surface area contributed by atoms with Gasteiger partial charge < -0.3 is 15.3 Å². The molecule has 0 aromatic carbocycles. The molecule has 2 rings (SSSR count). The monoisotopic (exact) mass is 294 g/mol. The molecule has 1 aliphatic heterocycles. The Morgan fingerprint density at radius 1 is 1.33 bits per heavy atom. The predicted molar refractivity (Wildman–Crippen MR) is 85.2 cm³/mol. The molecule has 1 aliphatic rings. The van der Waals surface area contributed by atoms with Crippen LogP contribution in [0.5, 0.6) is 0 Å². The van der Waals surface area contributed by atoms with Gasteiger partial charge in [0.1, 0.15) is 0 Å². The zero-order valence-corrected chi connectivity index (χ0v) is 13.9.